The van der Waals surface area contributed by atoms with Crippen LogP contribution in [0.25, 0.3) is 28.4 Å². The van der Waals surface area contributed by atoms with Crippen LogP contribution in [0.4, 0.5) is 10.1 Å². The quantitative estimate of drug-likeness (QED) is 0.274. The molecule has 8 heteroatoms. The van der Waals surface area contributed by atoms with Crippen molar-refractivity contribution in [2.45, 2.75) is 6.54 Å². The molecule has 0 N–H and O–H groups in total. The number of nitrogens with zero attached hydrogens (tertiary/aromatic N) is 4. The van der Waals surface area contributed by atoms with Gasteiger partial charge in [0, 0.05) is 0 Å². The minimum Gasteiger partial charge on any atom is -0.456 e. The lowest BCUT2D eigenvalue weighted by Gasteiger charge is -2.02. The average Bonchev–Trinajstić information content (AvgIpc) is 3.35. The topological polar surface area (TPSA) is 97.9 Å². The zero-order valence-electron chi connectivity index (χ0n) is 14.9. The number of benzene rings is 2. The smallest absolute Gasteiger partial charge is 0.283 e. The SMILES string of the molecule is N#C/C(=C/c1ccc(-c2ccc(F)cc2[N+](=O)[O-])o1)Cn1cnc2ccccc21. The van der Waals surface area contributed by atoms with Crippen LogP contribution in [-0.4, -0.2) is 14.5 Å². The first-order valence-electron chi connectivity index (χ1n) is 8.60. The van der Waals surface area contributed by atoms with Gasteiger partial charge < -0.3 is 8.98 Å². The number of halogens is 1. The van der Waals surface area contributed by atoms with Crippen molar-refractivity contribution in [1.29, 1.82) is 5.26 Å². The van der Waals surface area contributed by atoms with E-state index in [1.165, 1.54) is 6.07 Å². The highest BCUT2D eigenvalue weighted by Crippen LogP contribution is 2.32. The number of furan rings is 1. The lowest BCUT2D eigenvalue weighted by Crippen LogP contribution is -1.98. The molecule has 0 saturated heterocycles. The molecular formula is C21H13FN4O3. The van der Waals surface area contributed by atoms with Gasteiger partial charge in [0.15, 0.2) is 0 Å². The number of nitriles is 1. The molecule has 0 aliphatic heterocycles. The lowest BCUT2D eigenvalue weighted by atomic mass is 10.1. The van der Waals surface area contributed by atoms with Crippen molar-refractivity contribution in [1.82, 2.24) is 9.55 Å². The van der Waals surface area contributed by atoms with Gasteiger partial charge in [-0.15, -0.1) is 0 Å². The van der Waals surface area contributed by atoms with Gasteiger partial charge in [-0.3, -0.25) is 10.1 Å². The summed E-state index contributed by atoms with van der Waals surface area (Å²) < 4.78 is 20.9. The summed E-state index contributed by atoms with van der Waals surface area (Å²) in [4.78, 5) is 14.8. The summed E-state index contributed by atoms with van der Waals surface area (Å²) in [5, 5.41) is 20.7. The third-order valence-corrected chi connectivity index (χ3v) is 4.38. The monoisotopic (exact) mass is 388 g/mol. The Hall–Kier alpha value is -4.25. The van der Waals surface area contributed by atoms with E-state index in [1.54, 1.807) is 24.5 Å². The summed E-state index contributed by atoms with van der Waals surface area (Å²) in [5.74, 6) is -0.126. The summed E-state index contributed by atoms with van der Waals surface area (Å²) in [5.41, 5.74) is 1.92. The van der Waals surface area contributed by atoms with Crippen molar-refractivity contribution in [3.05, 3.63) is 88.2 Å². The number of hydrogen-bond acceptors (Lipinski definition) is 5. The fourth-order valence-corrected chi connectivity index (χ4v) is 3.04. The Morgan fingerprint density at radius 3 is 2.90 bits per heavy atom. The summed E-state index contributed by atoms with van der Waals surface area (Å²) in [6.45, 7) is 0.295. The van der Waals surface area contributed by atoms with E-state index in [0.717, 1.165) is 23.2 Å². The molecule has 4 rings (SSSR count). The molecule has 0 atom stereocenters. The predicted octanol–water partition coefficient (Wildman–Crippen LogP) is 4.95. The zero-order valence-corrected chi connectivity index (χ0v) is 14.9. The molecule has 0 radical (unpaired) electrons. The second-order valence-electron chi connectivity index (χ2n) is 6.26. The van der Waals surface area contributed by atoms with E-state index in [4.69, 9.17) is 4.42 Å². The maximum Gasteiger partial charge on any atom is 0.283 e. The van der Waals surface area contributed by atoms with E-state index in [2.05, 4.69) is 11.1 Å². The zero-order chi connectivity index (χ0) is 20.4. The van der Waals surface area contributed by atoms with Gasteiger partial charge in [0.05, 0.1) is 52.1 Å². The van der Waals surface area contributed by atoms with Gasteiger partial charge in [0.2, 0.25) is 0 Å². The molecule has 29 heavy (non-hydrogen) atoms. The van der Waals surface area contributed by atoms with Crippen molar-refractivity contribution >= 4 is 22.8 Å². The number of rotatable bonds is 5. The van der Waals surface area contributed by atoms with Crippen LogP contribution in [0, 0.1) is 27.3 Å². The minimum atomic E-state index is -0.702. The fourth-order valence-electron chi connectivity index (χ4n) is 3.04. The summed E-state index contributed by atoms with van der Waals surface area (Å²) in [6.07, 6.45) is 3.22. The standard InChI is InChI=1S/C21H13FN4O3/c22-15-5-7-17(20(10-15)26(27)28)21-8-6-16(29-21)9-14(11-23)12-25-13-24-18-3-1-2-4-19(18)25/h1-10,13H,12H2/b14-9-. The van der Waals surface area contributed by atoms with Gasteiger partial charge in [0.25, 0.3) is 5.69 Å². The highest BCUT2D eigenvalue weighted by atomic mass is 19.1. The Kier molecular flexibility index (Phi) is 4.63. The molecule has 2 heterocycles. The molecule has 2 aromatic heterocycles. The minimum absolute atomic E-state index is 0.162. The molecule has 0 aliphatic carbocycles. The third-order valence-electron chi connectivity index (χ3n) is 4.38. The molecular weight excluding hydrogens is 375 g/mol. The van der Waals surface area contributed by atoms with E-state index in [1.807, 2.05) is 28.8 Å². The fraction of sp³-hybridized carbons (Fsp3) is 0.0476. The molecule has 7 nitrogen and oxygen atoms in total. The van der Waals surface area contributed by atoms with E-state index in [-0.39, 0.29) is 17.0 Å². The number of fused-ring (bicyclic) bond motifs is 1. The van der Waals surface area contributed by atoms with Gasteiger partial charge in [-0.2, -0.15) is 5.26 Å². The second-order valence-corrected chi connectivity index (χ2v) is 6.26. The maximum atomic E-state index is 13.3. The van der Waals surface area contributed by atoms with E-state index in [0.29, 0.717) is 17.9 Å². The van der Waals surface area contributed by atoms with Gasteiger partial charge >= 0.3 is 0 Å². The Balaban J connectivity index is 1.65. The molecule has 142 valence electrons. The van der Waals surface area contributed by atoms with Crippen LogP contribution in [0.3, 0.4) is 0 Å². The highest BCUT2D eigenvalue weighted by Gasteiger charge is 2.19. The normalized spacial score (nSPS) is 11.5. The Morgan fingerprint density at radius 2 is 2.10 bits per heavy atom. The molecule has 0 amide bonds. The first kappa shape index (κ1) is 18.1. The number of imidazole rings is 1. The highest BCUT2D eigenvalue weighted by molar-refractivity contribution is 5.75. The van der Waals surface area contributed by atoms with Crippen LogP contribution < -0.4 is 0 Å². The maximum absolute atomic E-state index is 13.3. The number of allylic oxidation sites excluding steroid dienone is 1. The third kappa shape index (κ3) is 3.61. The molecule has 2 aromatic carbocycles. The van der Waals surface area contributed by atoms with E-state index < -0.39 is 10.7 Å². The van der Waals surface area contributed by atoms with E-state index in [9.17, 15) is 19.8 Å². The number of hydrogen-bond donors (Lipinski definition) is 0. The molecule has 0 spiro atoms. The second kappa shape index (κ2) is 7.40. The largest absolute Gasteiger partial charge is 0.456 e. The lowest BCUT2D eigenvalue weighted by molar-refractivity contribution is -0.384. The predicted molar refractivity (Wildman–Crippen MR) is 104 cm³/mol. The number of para-hydroxylation sites is 2. The van der Waals surface area contributed by atoms with Crippen molar-refractivity contribution in [3.8, 4) is 17.4 Å². The molecule has 0 aliphatic rings. The first-order chi connectivity index (χ1) is 14.0. The van der Waals surface area contributed by atoms with Crippen LogP contribution in [0.2, 0.25) is 0 Å². The molecule has 0 fully saturated rings. The molecule has 0 saturated carbocycles. The van der Waals surface area contributed by atoms with Crippen molar-refractivity contribution in [3.63, 3.8) is 0 Å². The number of nitro benzene ring substituents is 1. The van der Waals surface area contributed by atoms with Crippen molar-refractivity contribution in [2.75, 3.05) is 0 Å². The average molecular weight is 388 g/mol. The van der Waals surface area contributed by atoms with Crippen molar-refractivity contribution < 1.29 is 13.7 Å². The van der Waals surface area contributed by atoms with Gasteiger partial charge in [-0.05, 0) is 42.5 Å². The van der Waals surface area contributed by atoms with Gasteiger partial charge in [-0.25, -0.2) is 9.37 Å². The Bertz CT molecular complexity index is 1300. The van der Waals surface area contributed by atoms with Crippen LogP contribution in [-0.2, 0) is 6.54 Å². The van der Waals surface area contributed by atoms with Crippen LogP contribution in [0.5, 0.6) is 0 Å². The number of aromatic nitrogens is 2. The molecule has 0 unspecified atom stereocenters. The Morgan fingerprint density at radius 1 is 1.28 bits per heavy atom. The van der Waals surface area contributed by atoms with Gasteiger partial charge in [0.1, 0.15) is 17.3 Å². The summed E-state index contributed by atoms with van der Waals surface area (Å²) in [7, 11) is 0. The first-order valence-corrected chi connectivity index (χ1v) is 8.60. The van der Waals surface area contributed by atoms with Crippen molar-refractivity contribution in [2.24, 2.45) is 0 Å². The van der Waals surface area contributed by atoms with Crippen LogP contribution >= 0.6 is 0 Å². The van der Waals surface area contributed by atoms with Gasteiger partial charge in [-0.1, -0.05) is 12.1 Å². The van der Waals surface area contributed by atoms with Crippen LogP contribution in [0.1, 0.15) is 5.76 Å². The summed E-state index contributed by atoms with van der Waals surface area (Å²) in [6, 6.07) is 16.1. The number of nitro groups is 1. The van der Waals surface area contributed by atoms with Crippen LogP contribution in [0.15, 0.2) is 70.9 Å². The molecule has 4 aromatic rings. The molecule has 0 bridgehead atoms. The Labute approximate surface area is 164 Å². The van der Waals surface area contributed by atoms with E-state index >= 15 is 0 Å². The summed E-state index contributed by atoms with van der Waals surface area (Å²) >= 11 is 0.